The average molecular weight is 421 g/mol. The monoisotopic (exact) mass is 420 g/mol. The lowest BCUT2D eigenvalue weighted by molar-refractivity contribution is 0.0619. The average Bonchev–Trinajstić information content (AvgIpc) is 2.67. The molecule has 0 aliphatic rings. The first-order chi connectivity index (χ1) is 13.6. The molecule has 1 rings (SSSR count). The van der Waals surface area contributed by atoms with Crippen LogP contribution in [0.15, 0.2) is 30.3 Å². The van der Waals surface area contributed by atoms with E-state index < -0.39 is 14.4 Å². The largest absolute Gasteiger partial charge is 0.413 e. The van der Waals surface area contributed by atoms with Gasteiger partial charge in [-0.1, -0.05) is 63.9 Å². The van der Waals surface area contributed by atoms with Gasteiger partial charge >= 0.3 is 0 Å². The molecule has 0 unspecified atom stereocenters. The lowest BCUT2D eigenvalue weighted by Crippen LogP contribution is -2.46. The van der Waals surface area contributed by atoms with Gasteiger partial charge in [0.25, 0.3) is 0 Å². The maximum absolute atomic E-state index is 9.56. The predicted octanol–water partition coefficient (Wildman–Crippen LogP) is 4.76. The van der Waals surface area contributed by atoms with Gasteiger partial charge in [0.15, 0.2) is 8.32 Å². The number of rotatable bonds is 11. The molecular formula is C24H40O4Si. The van der Waals surface area contributed by atoms with E-state index in [1.54, 1.807) is 0 Å². The van der Waals surface area contributed by atoms with Gasteiger partial charge in [-0.05, 0) is 36.5 Å². The molecule has 0 fully saturated rings. The van der Waals surface area contributed by atoms with Gasteiger partial charge in [0.1, 0.15) is 0 Å². The van der Waals surface area contributed by atoms with Crippen molar-refractivity contribution in [1.82, 2.24) is 0 Å². The Morgan fingerprint density at radius 3 is 2.34 bits per heavy atom. The number of aliphatic hydroxyl groups is 2. The highest BCUT2D eigenvalue weighted by molar-refractivity contribution is 6.74. The minimum Gasteiger partial charge on any atom is -0.413 e. The second kappa shape index (κ2) is 12.5. The Labute approximate surface area is 178 Å². The fraction of sp³-hybridized carbons (Fsp3) is 0.667. The summed E-state index contributed by atoms with van der Waals surface area (Å²) in [4.78, 5) is 0. The van der Waals surface area contributed by atoms with Crippen molar-refractivity contribution in [1.29, 1.82) is 0 Å². The standard InChI is InChI=1S/C24H40O4Si/c1-7-21(14-11-15-22(26)18-25)23(28-29(5,6)24(2,3)4)16-17-27-19-20-12-9-8-10-13-20/h8-10,12-13,21-23,25-26H,7,15-19H2,1-6H3/t21-,22+,23+/m1/s1. The van der Waals surface area contributed by atoms with E-state index in [1.165, 1.54) is 5.56 Å². The van der Waals surface area contributed by atoms with Gasteiger partial charge in [-0.25, -0.2) is 0 Å². The van der Waals surface area contributed by atoms with Crippen LogP contribution in [0.5, 0.6) is 0 Å². The van der Waals surface area contributed by atoms with Crippen molar-refractivity contribution in [3.8, 4) is 11.8 Å². The van der Waals surface area contributed by atoms with E-state index in [1.807, 2.05) is 18.2 Å². The topological polar surface area (TPSA) is 58.9 Å². The van der Waals surface area contributed by atoms with Crippen LogP contribution in [0.25, 0.3) is 0 Å². The van der Waals surface area contributed by atoms with Crippen molar-refractivity contribution >= 4 is 8.32 Å². The van der Waals surface area contributed by atoms with Gasteiger partial charge in [-0.15, -0.1) is 5.92 Å². The molecule has 0 heterocycles. The summed E-state index contributed by atoms with van der Waals surface area (Å²) in [7, 11) is -1.95. The molecule has 5 heteroatoms. The maximum Gasteiger partial charge on any atom is 0.192 e. The molecule has 4 nitrogen and oxygen atoms in total. The SMILES string of the molecule is CC[C@H](C#CC[C@H](O)CO)[C@H](CCOCc1ccccc1)O[Si](C)(C)C(C)(C)C. The van der Waals surface area contributed by atoms with Crippen LogP contribution >= 0.6 is 0 Å². The second-order valence-corrected chi connectivity index (χ2v) is 13.9. The van der Waals surface area contributed by atoms with Crippen molar-refractivity contribution < 1.29 is 19.4 Å². The van der Waals surface area contributed by atoms with E-state index >= 15 is 0 Å². The van der Waals surface area contributed by atoms with Crippen LogP contribution in [-0.4, -0.2) is 44.0 Å². The molecular weight excluding hydrogens is 380 g/mol. The maximum atomic E-state index is 9.56. The molecule has 1 aromatic rings. The first-order valence-electron chi connectivity index (χ1n) is 10.7. The summed E-state index contributed by atoms with van der Waals surface area (Å²) in [5.74, 6) is 6.41. The van der Waals surface area contributed by atoms with Crippen molar-refractivity contribution in [3.05, 3.63) is 35.9 Å². The summed E-state index contributed by atoms with van der Waals surface area (Å²) in [5.41, 5.74) is 1.17. The molecule has 3 atom stereocenters. The molecule has 29 heavy (non-hydrogen) atoms. The van der Waals surface area contributed by atoms with Gasteiger partial charge in [0, 0.05) is 18.9 Å². The van der Waals surface area contributed by atoms with Gasteiger partial charge < -0.3 is 19.4 Å². The predicted molar refractivity (Wildman–Crippen MR) is 122 cm³/mol. The summed E-state index contributed by atoms with van der Waals surface area (Å²) in [6.07, 6.45) is 1.16. The molecule has 0 saturated heterocycles. The summed E-state index contributed by atoms with van der Waals surface area (Å²) in [6, 6.07) is 10.2. The van der Waals surface area contributed by atoms with Crippen molar-refractivity contribution in [3.63, 3.8) is 0 Å². The summed E-state index contributed by atoms with van der Waals surface area (Å²) < 4.78 is 12.7. The second-order valence-electron chi connectivity index (χ2n) is 9.12. The highest BCUT2D eigenvalue weighted by atomic mass is 28.4. The summed E-state index contributed by atoms with van der Waals surface area (Å²) >= 11 is 0. The zero-order valence-corrected chi connectivity index (χ0v) is 20.1. The fourth-order valence-electron chi connectivity index (χ4n) is 2.69. The third-order valence-electron chi connectivity index (χ3n) is 5.63. The Bertz CT molecular complexity index is 628. The smallest absolute Gasteiger partial charge is 0.192 e. The number of hydrogen-bond donors (Lipinski definition) is 2. The van der Waals surface area contributed by atoms with Crippen LogP contribution in [0, 0.1) is 17.8 Å². The Morgan fingerprint density at radius 1 is 1.14 bits per heavy atom. The zero-order valence-electron chi connectivity index (χ0n) is 19.1. The van der Waals surface area contributed by atoms with E-state index in [0.29, 0.717) is 13.2 Å². The van der Waals surface area contributed by atoms with Crippen molar-refractivity contribution in [2.75, 3.05) is 13.2 Å². The number of aliphatic hydroxyl groups excluding tert-OH is 2. The van der Waals surface area contributed by atoms with E-state index in [-0.39, 0.29) is 30.1 Å². The van der Waals surface area contributed by atoms with Crippen LogP contribution in [0.1, 0.15) is 52.5 Å². The normalized spacial score (nSPS) is 15.3. The van der Waals surface area contributed by atoms with Gasteiger partial charge in [-0.3, -0.25) is 0 Å². The summed E-state index contributed by atoms with van der Waals surface area (Å²) in [5, 5.41) is 18.7. The quantitative estimate of drug-likeness (QED) is 0.308. The van der Waals surface area contributed by atoms with Crippen LogP contribution < -0.4 is 0 Å². The first kappa shape index (κ1) is 25.9. The Morgan fingerprint density at radius 2 is 1.79 bits per heavy atom. The van der Waals surface area contributed by atoms with Crippen molar-refractivity contribution in [2.45, 2.75) is 83.9 Å². The van der Waals surface area contributed by atoms with E-state index in [2.05, 4.69) is 64.8 Å². The molecule has 0 aromatic heterocycles. The van der Waals surface area contributed by atoms with Crippen molar-refractivity contribution in [2.24, 2.45) is 5.92 Å². The minimum absolute atomic E-state index is 0.00423. The number of ether oxygens (including phenoxy) is 1. The van der Waals surface area contributed by atoms with E-state index in [0.717, 1.165) is 12.8 Å². The van der Waals surface area contributed by atoms with Gasteiger partial charge in [0.05, 0.1) is 25.4 Å². The third kappa shape index (κ3) is 9.46. The van der Waals surface area contributed by atoms with Crippen LogP contribution in [-0.2, 0) is 15.8 Å². The molecule has 0 radical (unpaired) electrons. The van der Waals surface area contributed by atoms with Crippen LogP contribution in [0.3, 0.4) is 0 Å². The Kier molecular flexibility index (Phi) is 11.2. The molecule has 1 aromatic carbocycles. The first-order valence-corrected chi connectivity index (χ1v) is 13.6. The molecule has 0 aliphatic carbocycles. The molecule has 0 amide bonds. The number of hydrogen-bond acceptors (Lipinski definition) is 4. The van der Waals surface area contributed by atoms with Crippen LogP contribution in [0.2, 0.25) is 18.1 Å². The van der Waals surface area contributed by atoms with Gasteiger partial charge in [0.2, 0.25) is 0 Å². The van der Waals surface area contributed by atoms with Crippen LogP contribution in [0.4, 0.5) is 0 Å². The minimum atomic E-state index is -1.95. The molecule has 0 saturated carbocycles. The Hall–Kier alpha value is -1.16. The fourth-order valence-corrected chi connectivity index (χ4v) is 4.08. The number of benzene rings is 1. The Balaban J connectivity index is 2.80. The molecule has 164 valence electrons. The van der Waals surface area contributed by atoms with E-state index in [9.17, 15) is 5.11 Å². The lowest BCUT2D eigenvalue weighted by Gasteiger charge is -2.40. The zero-order chi connectivity index (χ0) is 21.9. The third-order valence-corrected chi connectivity index (χ3v) is 10.1. The molecule has 0 aliphatic heterocycles. The molecule has 0 bridgehead atoms. The molecule has 2 N–H and O–H groups in total. The van der Waals surface area contributed by atoms with Gasteiger partial charge in [-0.2, -0.15) is 0 Å². The highest BCUT2D eigenvalue weighted by Gasteiger charge is 2.40. The summed E-state index contributed by atoms with van der Waals surface area (Å²) in [6.45, 7) is 14.3. The van der Waals surface area contributed by atoms with E-state index in [4.69, 9.17) is 14.3 Å². The molecule has 0 spiro atoms. The lowest BCUT2D eigenvalue weighted by atomic mass is 9.97. The highest BCUT2D eigenvalue weighted by Crippen LogP contribution is 2.38.